The van der Waals surface area contributed by atoms with Gasteiger partial charge in [-0.3, -0.25) is 4.98 Å². The Hall–Kier alpha value is -2.91. The highest BCUT2D eigenvalue weighted by molar-refractivity contribution is 7.27. The van der Waals surface area contributed by atoms with E-state index >= 15 is 0 Å². The normalized spacial score (nSPS) is 12.2. The third-order valence-corrected chi connectivity index (χ3v) is 6.03. The molecule has 0 spiro atoms. The predicted molar refractivity (Wildman–Crippen MR) is 104 cm³/mol. The Balaban J connectivity index is 2.07. The number of rotatable bonds is 0. The lowest BCUT2D eigenvalue weighted by molar-refractivity contribution is 1.42. The average Bonchev–Trinajstić information content (AvgIpc) is 3.21. The summed E-state index contributed by atoms with van der Waals surface area (Å²) >= 11 is 1.86. The van der Waals surface area contributed by atoms with E-state index in [9.17, 15) is 0 Å². The number of aromatic amines is 1. The van der Waals surface area contributed by atoms with Crippen LogP contribution in [0.3, 0.4) is 0 Å². The second-order valence-corrected chi connectivity index (χ2v) is 7.17. The molecule has 0 bridgehead atoms. The SMILES string of the molecule is c1cnc2c(c1)[nH]c1c3sc4ccccc4c3c3ccccc3c21. The average molecular weight is 324 g/mol. The van der Waals surface area contributed by atoms with Crippen LogP contribution in [0.15, 0.2) is 66.9 Å². The lowest BCUT2D eigenvalue weighted by Gasteiger charge is -2.03. The van der Waals surface area contributed by atoms with Crippen LogP contribution in [0.25, 0.3) is 52.9 Å². The lowest BCUT2D eigenvalue weighted by Crippen LogP contribution is -1.78. The van der Waals surface area contributed by atoms with E-state index in [-0.39, 0.29) is 0 Å². The minimum Gasteiger partial charge on any atom is -0.352 e. The maximum absolute atomic E-state index is 4.65. The van der Waals surface area contributed by atoms with Crippen molar-refractivity contribution in [3.63, 3.8) is 0 Å². The number of hydrogen-bond acceptors (Lipinski definition) is 2. The molecule has 24 heavy (non-hydrogen) atoms. The van der Waals surface area contributed by atoms with Gasteiger partial charge < -0.3 is 4.98 Å². The summed E-state index contributed by atoms with van der Waals surface area (Å²) in [5.41, 5.74) is 3.37. The Morgan fingerprint density at radius 3 is 2.38 bits per heavy atom. The van der Waals surface area contributed by atoms with E-state index in [0.717, 1.165) is 11.0 Å². The van der Waals surface area contributed by atoms with Crippen LogP contribution in [0.1, 0.15) is 0 Å². The topological polar surface area (TPSA) is 28.7 Å². The Kier molecular flexibility index (Phi) is 2.26. The molecule has 0 aliphatic heterocycles. The van der Waals surface area contributed by atoms with Crippen LogP contribution in [-0.4, -0.2) is 9.97 Å². The number of benzene rings is 3. The Labute approximate surface area is 141 Å². The van der Waals surface area contributed by atoms with Crippen molar-refractivity contribution >= 4 is 64.2 Å². The van der Waals surface area contributed by atoms with Crippen LogP contribution in [0.5, 0.6) is 0 Å². The van der Waals surface area contributed by atoms with Crippen molar-refractivity contribution in [1.29, 1.82) is 0 Å². The summed E-state index contributed by atoms with van der Waals surface area (Å²) in [5.74, 6) is 0. The molecular formula is C21H12N2S. The summed E-state index contributed by atoms with van der Waals surface area (Å²) < 4.78 is 2.65. The summed E-state index contributed by atoms with van der Waals surface area (Å²) in [6.07, 6.45) is 1.87. The Bertz CT molecular complexity index is 1300. The van der Waals surface area contributed by atoms with E-state index in [1.54, 1.807) is 0 Å². The molecule has 6 rings (SSSR count). The predicted octanol–water partition coefficient (Wildman–Crippen LogP) is 6.24. The van der Waals surface area contributed by atoms with Crippen molar-refractivity contribution in [2.45, 2.75) is 0 Å². The fourth-order valence-electron chi connectivity index (χ4n) is 3.86. The van der Waals surface area contributed by atoms with Gasteiger partial charge in [-0.1, -0.05) is 42.5 Å². The molecule has 0 unspecified atom stereocenters. The largest absolute Gasteiger partial charge is 0.352 e. The molecule has 6 aromatic rings. The molecule has 0 radical (unpaired) electrons. The Morgan fingerprint density at radius 1 is 0.750 bits per heavy atom. The molecule has 112 valence electrons. The van der Waals surface area contributed by atoms with Gasteiger partial charge >= 0.3 is 0 Å². The third-order valence-electron chi connectivity index (χ3n) is 4.84. The van der Waals surface area contributed by atoms with Crippen molar-refractivity contribution in [1.82, 2.24) is 9.97 Å². The first kappa shape index (κ1) is 12.5. The van der Waals surface area contributed by atoms with Crippen molar-refractivity contribution in [2.24, 2.45) is 0 Å². The lowest BCUT2D eigenvalue weighted by atomic mass is 10.00. The molecule has 0 amide bonds. The maximum Gasteiger partial charge on any atom is 0.0964 e. The van der Waals surface area contributed by atoms with E-state index in [0.29, 0.717) is 0 Å². The van der Waals surface area contributed by atoms with Crippen LogP contribution in [-0.2, 0) is 0 Å². The van der Waals surface area contributed by atoms with Crippen LogP contribution >= 0.6 is 11.3 Å². The summed E-state index contributed by atoms with van der Waals surface area (Å²) in [6.45, 7) is 0. The van der Waals surface area contributed by atoms with E-state index in [1.165, 1.54) is 41.8 Å². The van der Waals surface area contributed by atoms with Gasteiger partial charge in [-0.2, -0.15) is 0 Å². The number of aromatic nitrogens is 2. The second kappa shape index (κ2) is 4.34. The van der Waals surface area contributed by atoms with Gasteiger partial charge in [-0.05, 0) is 29.0 Å². The number of pyridine rings is 1. The molecular weight excluding hydrogens is 312 g/mol. The van der Waals surface area contributed by atoms with Gasteiger partial charge in [0.2, 0.25) is 0 Å². The molecule has 0 saturated carbocycles. The van der Waals surface area contributed by atoms with E-state index in [2.05, 4.69) is 64.6 Å². The minimum absolute atomic E-state index is 1.06. The molecule has 3 heteroatoms. The standard InChI is InChI=1S/C21H12N2S/c1-2-7-13-12(6-1)17-14-8-3-4-10-16(14)24-21(17)20-18(13)19-15(23-20)9-5-11-22-19/h1-11,23H. The minimum atomic E-state index is 1.06. The zero-order valence-electron chi connectivity index (χ0n) is 12.7. The maximum atomic E-state index is 4.65. The van der Waals surface area contributed by atoms with Crippen LogP contribution < -0.4 is 0 Å². The molecule has 0 aliphatic rings. The van der Waals surface area contributed by atoms with Crippen LogP contribution in [0.2, 0.25) is 0 Å². The third kappa shape index (κ3) is 1.43. The number of nitrogens with zero attached hydrogens (tertiary/aromatic N) is 1. The Morgan fingerprint density at radius 2 is 1.50 bits per heavy atom. The number of nitrogens with one attached hydrogen (secondary N) is 1. The molecule has 1 N–H and O–H groups in total. The first-order chi connectivity index (χ1) is 11.9. The smallest absolute Gasteiger partial charge is 0.0964 e. The fraction of sp³-hybridized carbons (Fsp3) is 0. The van der Waals surface area contributed by atoms with Crippen molar-refractivity contribution in [2.75, 3.05) is 0 Å². The first-order valence-electron chi connectivity index (χ1n) is 8.00. The van der Waals surface area contributed by atoms with Gasteiger partial charge in [0.25, 0.3) is 0 Å². The summed E-state index contributed by atoms with van der Waals surface area (Å²) in [5, 5.41) is 6.50. The molecule has 3 aromatic carbocycles. The zero-order chi connectivity index (χ0) is 15.7. The van der Waals surface area contributed by atoms with Crippen molar-refractivity contribution in [3.05, 3.63) is 66.9 Å². The second-order valence-electron chi connectivity index (χ2n) is 6.12. The van der Waals surface area contributed by atoms with Crippen LogP contribution in [0.4, 0.5) is 0 Å². The van der Waals surface area contributed by atoms with Gasteiger partial charge in [0.15, 0.2) is 0 Å². The molecule has 2 nitrogen and oxygen atoms in total. The molecule has 0 saturated heterocycles. The number of hydrogen-bond donors (Lipinski definition) is 1. The van der Waals surface area contributed by atoms with E-state index in [1.807, 2.05) is 23.6 Å². The van der Waals surface area contributed by atoms with Gasteiger partial charge in [-0.25, -0.2) is 0 Å². The molecule has 0 aliphatic carbocycles. The van der Waals surface area contributed by atoms with Crippen molar-refractivity contribution in [3.8, 4) is 0 Å². The number of H-pyrrole nitrogens is 1. The highest BCUT2D eigenvalue weighted by atomic mass is 32.1. The van der Waals surface area contributed by atoms with E-state index in [4.69, 9.17) is 0 Å². The monoisotopic (exact) mass is 324 g/mol. The fourth-order valence-corrected chi connectivity index (χ4v) is 5.09. The number of thiophene rings is 1. The summed E-state index contributed by atoms with van der Waals surface area (Å²) in [7, 11) is 0. The van der Waals surface area contributed by atoms with Gasteiger partial charge in [0.1, 0.15) is 0 Å². The summed E-state index contributed by atoms with van der Waals surface area (Å²) in [6, 6.07) is 21.5. The van der Waals surface area contributed by atoms with Gasteiger partial charge in [-0.15, -0.1) is 11.3 Å². The quantitative estimate of drug-likeness (QED) is 0.352. The van der Waals surface area contributed by atoms with Crippen molar-refractivity contribution < 1.29 is 0 Å². The summed E-state index contributed by atoms with van der Waals surface area (Å²) in [4.78, 5) is 8.28. The zero-order valence-corrected chi connectivity index (χ0v) is 13.5. The highest BCUT2D eigenvalue weighted by Crippen LogP contribution is 2.44. The number of fused-ring (bicyclic) bond motifs is 10. The van der Waals surface area contributed by atoms with E-state index < -0.39 is 0 Å². The first-order valence-corrected chi connectivity index (χ1v) is 8.82. The van der Waals surface area contributed by atoms with Crippen LogP contribution in [0, 0.1) is 0 Å². The van der Waals surface area contributed by atoms with Gasteiger partial charge in [0, 0.05) is 27.1 Å². The molecule has 0 atom stereocenters. The van der Waals surface area contributed by atoms with Gasteiger partial charge in [0.05, 0.1) is 21.3 Å². The molecule has 3 aromatic heterocycles. The molecule has 0 fully saturated rings. The highest BCUT2D eigenvalue weighted by Gasteiger charge is 2.17. The molecule has 3 heterocycles.